The minimum absolute atomic E-state index is 0.0976. The summed E-state index contributed by atoms with van der Waals surface area (Å²) in [5, 5.41) is 0. The fraction of sp³-hybridized carbons (Fsp3) is 0.714. The van der Waals surface area contributed by atoms with Crippen LogP contribution in [0.25, 0.3) is 0 Å². The molecular formula is C35H56O8. The Bertz CT molecular complexity index is 1050. The number of carbonyl (C=O) groups is 4. The Hall–Kier alpha value is -2.90. The van der Waals surface area contributed by atoms with Crippen molar-refractivity contribution in [3.05, 3.63) is 30.3 Å². The summed E-state index contributed by atoms with van der Waals surface area (Å²) in [6.07, 6.45) is 1.44. The van der Waals surface area contributed by atoms with Gasteiger partial charge in [0.1, 0.15) is 44.4 Å². The summed E-state index contributed by atoms with van der Waals surface area (Å²) < 4.78 is 22.2. The fourth-order valence-corrected chi connectivity index (χ4v) is 5.82. The highest BCUT2D eigenvalue weighted by atomic mass is 16.6. The fourth-order valence-electron chi connectivity index (χ4n) is 5.82. The lowest BCUT2D eigenvalue weighted by molar-refractivity contribution is -0.171. The monoisotopic (exact) mass is 604 g/mol. The molecule has 8 heteroatoms. The minimum Gasteiger partial charge on any atom is -0.490 e. The number of Topliss-reactive ketones (excluding diaryl/α,β-unsaturated/α-hetero) is 1. The van der Waals surface area contributed by atoms with Gasteiger partial charge >= 0.3 is 17.9 Å². The summed E-state index contributed by atoms with van der Waals surface area (Å²) in [7, 11) is 0. The molecule has 0 aliphatic heterocycles. The maximum atomic E-state index is 13.7. The molecule has 1 aromatic rings. The second-order valence-electron chi connectivity index (χ2n) is 14.9. The standard InChI is InChI=1S/C35H56O8/c1-25(2)22-35(11,31(39)43-20-18-41-29(37)21-26(3)36)34(9,10)24-33(7,8)28(23-32(4,5)6)30(38)42-19-17-40-27-15-13-12-14-16-27/h12-16,25,28H,17-24H2,1-11H3. The first-order chi connectivity index (χ1) is 19.7. The van der Waals surface area contributed by atoms with E-state index in [1.807, 2.05) is 37.3 Å². The van der Waals surface area contributed by atoms with Crippen LogP contribution in [0.1, 0.15) is 102 Å². The zero-order chi connectivity index (χ0) is 33.1. The second kappa shape index (κ2) is 16.2. The molecule has 0 bridgehead atoms. The molecule has 0 saturated heterocycles. The molecule has 1 aromatic carbocycles. The van der Waals surface area contributed by atoms with Crippen molar-refractivity contribution in [3.8, 4) is 5.75 Å². The van der Waals surface area contributed by atoms with Crippen LogP contribution in [0.4, 0.5) is 0 Å². The number of carbonyl (C=O) groups excluding carboxylic acids is 4. The van der Waals surface area contributed by atoms with E-state index in [2.05, 4.69) is 62.3 Å². The molecule has 0 aliphatic rings. The van der Waals surface area contributed by atoms with Gasteiger partial charge in [-0.2, -0.15) is 0 Å². The molecule has 2 atom stereocenters. The summed E-state index contributed by atoms with van der Waals surface area (Å²) in [4.78, 5) is 50.1. The Kier molecular flexibility index (Phi) is 14.4. The predicted molar refractivity (Wildman–Crippen MR) is 167 cm³/mol. The zero-order valence-corrected chi connectivity index (χ0v) is 28.5. The first-order valence-electron chi connectivity index (χ1n) is 15.4. The molecule has 2 unspecified atom stereocenters. The van der Waals surface area contributed by atoms with Gasteiger partial charge in [-0.1, -0.05) is 80.5 Å². The van der Waals surface area contributed by atoms with Crippen molar-refractivity contribution in [1.82, 2.24) is 0 Å². The lowest BCUT2D eigenvalue weighted by Crippen LogP contribution is -2.48. The molecule has 0 heterocycles. The Morgan fingerprint density at radius 3 is 1.84 bits per heavy atom. The summed E-state index contributed by atoms with van der Waals surface area (Å²) in [5.41, 5.74) is -2.11. The van der Waals surface area contributed by atoms with Crippen molar-refractivity contribution < 1.29 is 38.1 Å². The molecule has 0 radical (unpaired) electrons. The topological polar surface area (TPSA) is 105 Å². The number of esters is 3. The third kappa shape index (κ3) is 13.1. The molecule has 0 spiro atoms. The third-order valence-electron chi connectivity index (χ3n) is 8.02. The van der Waals surface area contributed by atoms with Crippen molar-refractivity contribution in [3.63, 3.8) is 0 Å². The highest BCUT2D eigenvalue weighted by Crippen LogP contribution is 2.53. The number of ketones is 1. The number of para-hydroxylation sites is 1. The number of benzene rings is 1. The summed E-state index contributed by atoms with van der Waals surface area (Å²) >= 11 is 0. The Morgan fingerprint density at radius 1 is 0.744 bits per heavy atom. The maximum Gasteiger partial charge on any atom is 0.313 e. The molecule has 0 aromatic heterocycles. The maximum absolute atomic E-state index is 13.7. The third-order valence-corrected chi connectivity index (χ3v) is 8.02. The molecule has 0 fully saturated rings. The second-order valence-corrected chi connectivity index (χ2v) is 14.9. The molecule has 244 valence electrons. The lowest BCUT2D eigenvalue weighted by Gasteiger charge is -2.49. The van der Waals surface area contributed by atoms with Gasteiger partial charge < -0.3 is 18.9 Å². The quantitative estimate of drug-likeness (QED) is 0.0748. The number of ether oxygens (including phenoxy) is 4. The first kappa shape index (κ1) is 38.1. The van der Waals surface area contributed by atoms with Gasteiger partial charge in [-0.15, -0.1) is 0 Å². The zero-order valence-electron chi connectivity index (χ0n) is 28.5. The smallest absolute Gasteiger partial charge is 0.313 e. The Labute approximate surface area is 259 Å². The molecule has 0 amide bonds. The molecule has 1 rings (SSSR count). The van der Waals surface area contributed by atoms with E-state index >= 15 is 0 Å². The van der Waals surface area contributed by atoms with Gasteiger partial charge in [0.15, 0.2) is 0 Å². The van der Waals surface area contributed by atoms with Crippen LogP contribution in [0.5, 0.6) is 5.75 Å². The van der Waals surface area contributed by atoms with Crippen LogP contribution in [0, 0.1) is 33.5 Å². The molecule has 0 aliphatic carbocycles. The largest absolute Gasteiger partial charge is 0.490 e. The van der Waals surface area contributed by atoms with Crippen LogP contribution in [0.15, 0.2) is 30.3 Å². The van der Waals surface area contributed by atoms with Gasteiger partial charge in [-0.25, -0.2) is 0 Å². The van der Waals surface area contributed by atoms with Gasteiger partial charge in [0.25, 0.3) is 0 Å². The van der Waals surface area contributed by atoms with E-state index in [-0.39, 0.29) is 61.9 Å². The van der Waals surface area contributed by atoms with Crippen LogP contribution in [0.3, 0.4) is 0 Å². The van der Waals surface area contributed by atoms with Crippen LogP contribution >= 0.6 is 0 Å². The number of hydrogen-bond acceptors (Lipinski definition) is 8. The van der Waals surface area contributed by atoms with Crippen LogP contribution in [-0.2, 0) is 33.4 Å². The van der Waals surface area contributed by atoms with Crippen LogP contribution in [-0.4, -0.2) is 50.1 Å². The molecular weight excluding hydrogens is 548 g/mol. The van der Waals surface area contributed by atoms with E-state index in [0.29, 0.717) is 19.3 Å². The van der Waals surface area contributed by atoms with Crippen molar-refractivity contribution in [1.29, 1.82) is 0 Å². The summed E-state index contributed by atoms with van der Waals surface area (Å²) in [6.45, 7) is 22.1. The highest BCUT2D eigenvalue weighted by Gasteiger charge is 2.52. The van der Waals surface area contributed by atoms with E-state index in [9.17, 15) is 19.2 Å². The predicted octanol–water partition coefficient (Wildman–Crippen LogP) is 7.22. The molecule has 0 N–H and O–H groups in total. The highest BCUT2D eigenvalue weighted by molar-refractivity contribution is 5.94. The van der Waals surface area contributed by atoms with Crippen molar-refractivity contribution in [2.45, 2.75) is 102 Å². The van der Waals surface area contributed by atoms with Gasteiger partial charge in [0.2, 0.25) is 0 Å². The van der Waals surface area contributed by atoms with Gasteiger partial charge in [-0.3, -0.25) is 19.2 Å². The average Bonchev–Trinajstić information content (AvgIpc) is 2.86. The van der Waals surface area contributed by atoms with Gasteiger partial charge in [-0.05, 0) is 67.4 Å². The van der Waals surface area contributed by atoms with Crippen molar-refractivity contribution in [2.75, 3.05) is 26.4 Å². The Morgan fingerprint density at radius 2 is 1.30 bits per heavy atom. The molecule has 0 saturated carbocycles. The van der Waals surface area contributed by atoms with E-state index < -0.39 is 28.1 Å². The van der Waals surface area contributed by atoms with E-state index in [1.165, 1.54) is 6.92 Å². The van der Waals surface area contributed by atoms with Gasteiger partial charge in [0, 0.05) is 0 Å². The summed E-state index contributed by atoms with van der Waals surface area (Å²) in [5.74, 6) is -1.07. The van der Waals surface area contributed by atoms with Crippen LogP contribution < -0.4 is 4.74 Å². The number of rotatable bonds is 18. The average molecular weight is 605 g/mol. The number of hydrogen-bond donors (Lipinski definition) is 0. The van der Waals surface area contributed by atoms with Gasteiger partial charge in [0.05, 0.1) is 11.3 Å². The Balaban J connectivity index is 3.07. The van der Waals surface area contributed by atoms with Crippen LogP contribution in [0.2, 0.25) is 0 Å². The van der Waals surface area contributed by atoms with Crippen molar-refractivity contribution >= 4 is 23.7 Å². The molecule has 8 nitrogen and oxygen atoms in total. The van der Waals surface area contributed by atoms with E-state index in [4.69, 9.17) is 18.9 Å². The molecule has 43 heavy (non-hydrogen) atoms. The first-order valence-corrected chi connectivity index (χ1v) is 15.4. The summed E-state index contributed by atoms with van der Waals surface area (Å²) in [6, 6.07) is 9.40. The lowest BCUT2D eigenvalue weighted by atomic mass is 9.55. The van der Waals surface area contributed by atoms with Crippen molar-refractivity contribution in [2.24, 2.45) is 33.5 Å². The normalized spacial score (nSPS) is 14.4. The van der Waals surface area contributed by atoms with E-state index in [1.54, 1.807) is 0 Å². The van der Waals surface area contributed by atoms with E-state index in [0.717, 1.165) is 5.75 Å². The minimum atomic E-state index is -0.887. The SMILES string of the molecule is CC(=O)CC(=O)OCCOC(=O)C(C)(CC(C)C)C(C)(C)CC(C)(C)C(CC(C)(C)C)C(=O)OCCOc1ccccc1.